The number of aliphatic hydroxyl groups excluding tert-OH is 1. The molecular formula is C24H26O3. The fourth-order valence-corrected chi connectivity index (χ4v) is 3.52. The second kappa shape index (κ2) is 9.24. The van der Waals surface area contributed by atoms with Crippen LogP contribution >= 0.6 is 0 Å². The van der Waals surface area contributed by atoms with Crippen molar-refractivity contribution in [2.45, 2.75) is 25.7 Å². The average Bonchev–Trinajstić information content (AvgIpc) is 3.21. The van der Waals surface area contributed by atoms with Gasteiger partial charge < -0.3 is 15.3 Å². The lowest BCUT2D eigenvalue weighted by Crippen LogP contribution is -2.03. The summed E-state index contributed by atoms with van der Waals surface area (Å²) in [6, 6.07) is 14.6. The summed E-state index contributed by atoms with van der Waals surface area (Å²) in [4.78, 5) is 0. The van der Waals surface area contributed by atoms with Gasteiger partial charge in [0.05, 0.1) is 0 Å². The van der Waals surface area contributed by atoms with Gasteiger partial charge in [0.15, 0.2) is 0 Å². The van der Waals surface area contributed by atoms with E-state index in [-0.39, 0.29) is 24.0 Å². The van der Waals surface area contributed by atoms with Gasteiger partial charge in [-0.25, -0.2) is 0 Å². The number of phenols is 2. The van der Waals surface area contributed by atoms with Gasteiger partial charge in [-0.05, 0) is 60.2 Å². The van der Waals surface area contributed by atoms with E-state index in [9.17, 15) is 10.2 Å². The molecule has 0 saturated heterocycles. The van der Waals surface area contributed by atoms with E-state index in [1.165, 1.54) is 5.57 Å². The zero-order valence-corrected chi connectivity index (χ0v) is 15.4. The third-order valence-corrected chi connectivity index (χ3v) is 4.89. The molecule has 1 aliphatic rings. The summed E-state index contributed by atoms with van der Waals surface area (Å²) in [6.07, 6.45) is 12.3. The highest BCUT2D eigenvalue weighted by Crippen LogP contribution is 2.37. The number of hydrogen-bond donors (Lipinski definition) is 3. The molecule has 0 amide bonds. The molecule has 1 aliphatic carbocycles. The Bertz CT molecular complexity index is 767. The van der Waals surface area contributed by atoms with Crippen molar-refractivity contribution in [3.8, 4) is 11.5 Å². The van der Waals surface area contributed by atoms with Crippen molar-refractivity contribution in [3.63, 3.8) is 0 Å². The second-order valence-electron chi connectivity index (χ2n) is 6.82. The quantitative estimate of drug-likeness (QED) is 0.566. The smallest absolute Gasteiger partial charge is 0.115 e. The Kier molecular flexibility index (Phi) is 6.50. The zero-order valence-electron chi connectivity index (χ0n) is 15.4. The monoisotopic (exact) mass is 362 g/mol. The van der Waals surface area contributed by atoms with Gasteiger partial charge >= 0.3 is 0 Å². The fourth-order valence-electron chi connectivity index (χ4n) is 3.52. The van der Waals surface area contributed by atoms with E-state index < -0.39 is 0 Å². The van der Waals surface area contributed by atoms with Crippen molar-refractivity contribution in [2.75, 3.05) is 6.61 Å². The number of phenolic OH excluding ortho intramolecular Hbond substituents is 2. The zero-order chi connectivity index (χ0) is 19.1. The Labute approximate surface area is 160 Å². The number of aromatic hydroxyl groups is 2. The average molecular weight is 362 g/mol. The highest BCUT2D eigenvalue weighted by Gasteiger charge is 2.18. The molecule has 0 aromatic heterocycles. The molecule has 0 aliphatic heterocycles. The second-order valence-corrected chi connectivity index (χ2v) is 6.82. The van der Waals surface area contributed by atoms with Crippen LogP contribution < -0.4 is 0 Å². The third kappa shape index (κ3) is 4.89. The largest absolute Gasteiger partial charge is 0.508 e. The first-order chi connectivity index (χ1) is 13.2. The van der Waals surface area contributed by atoms with Gasteiger partial charge in [0.2, 0.25) is 0 Å². The normalized spacial score (nSPS) is 13.2. The summed E-state index contributed by atoms with van der Waals surface area (Å²) in [5.41, 5.74) is 4.54. The van der Waals surface area contributed by atoms with E-state index in [0.29, 0.717) is 0 Å². The Hall–Kier alpha value is -2.78. The van der Waals surface area contributed by atoms with E-state index in [2.05, 4.69) is 24.3 Å². The van der Waals surface area contributed by atoms with Crippen LogP contribution in [0.3, 0.4) is 0 Å². The summed E-state index contributed by atoms with van der Waals surface area (Å²) in [5, 5.41) is 28.5. The van der Waals surface area contributed by atoms with E-state index in [1.807, 2.05) is 24.3 Å². The summed E-state index contributed by atoms with van der Waals surface area (Å²) in [7, 11) is 0. The molecule has 2 aromatic carbocycles. The highest BCUT2D eigenvalue weighted by molar-refractivity contribution is 5.83. The van der Waals surface area contributed by atoms with Gasteiger partial charge in [-0.3, -0.25) is 0 Å². The maximum Gasteiger partial charge on any atom is 0.115 e. The number of rotatable bonds is 8. The first-order valence-corrected chi connectivity index (χ1v) is 9.47. The molecule has 3 rings (SSSR count). The van der Waals surface area contributed by atoms with Crippen molar-refractivity contribution in [2.24, 2.45) is 5.92 Å². The summed E-state index contributed by atoms with van der Waals surface area (Å²) in [5.74, 6) is 0.722. The molecule has 140 valence electrons. The first-order valence-electron chi connectivity index (χ1n) is 9.47. The molecule has 3 N–H and O–H groups in total. The van der Waals surface area contributed by atoms with Crippen molar-refractivity contribution < 1.29 is 15.3 Å². The van der Waals surface area contributed by atoms with Crippen LogP contribution in [0.1, 0.15) is 36.8 Å². The van der Waals surface area contributed by atoms with Crippen LogP contribution in [0.4, 0.5) is 0 Å². The van der Waals surface area contributed by atoms with Crippen LogP contribution in [0.25, 0.3) is 5.57 Å². The fraction of sp³-hybridized carbons (Fsp3) is 0.250. The number of aliphatic hydroxyl groups is 1. The van der Waals surface area contributed by atoms with Gasteiger partial charge in [0.25, 0.3) is 0 Å². The lowest BCUT2D eigenvalue weighted by Gasteiger charge is -2.20. The number of allylic oxidation sites excluding steroid dienone is 5. The Morgan fingerprint density at radius 1 is 0.704 bits per heavy atom. The molecule has 0 unspecified atom stereocenters. The maximum atomic E-state index is 9.70. The van der Waals surface area contributed by atoms with Crippen LogP contribution in [0.15, 0.2) is 78.4 Å². The Balaban J connectivity index is 2.09. The molecule has 0 radical (unpaired) electrons. The topological polar surface area (TPSA) is 60.7 Å². The van der Waals surface area contributed by atoms with Crippen molar-refractivity contribution in [1.82, 2.24) is 0 Å². The molecular weight excluding hydrogens is 336 g/mol. The third-order valence-electron chi connectivity index (χ3n) is 4.89. The van der Waals surface area contributed by atoms with E-state index >= 15 is 0 Å². The summed E-state index contributed by atoms with van der Waals surface area (Å²) >= 11 is 0. The number of hydrogen-bond acceptors (Lipinski definition) is 3. The molecule has 0 atom stereocenters. The molecule has 0 bridgehead atoms. The summed E-state index contributed by atoms with van der Waals surface area (Å²) < 4.78 is 0. The van der Waals surface area contributed by atoms with E-state index in [1.54, 1.807) is 24.3 Å². The van der Waals surface area contributed by atoms with Gasteiger partial charge in [-0.15, -0.1) is 0 Å². The van der Waals surface area contributed by atoms with Crippen molar-refractivity contribution >= 4 is 5.57 Å². The maximum absolute atomic E-state index is 9.70. The predicted octanol–water partition coefficient (Wildman–Crippen LogP) is 5.19. The van der Waals surface area contributed by atoms with Crippen LogP contribution in [0.2, 0.25) is 0 Å². The Morgan fingerprint density at radius 2 is 1.22 bits per heavy atom. The molecule has 0 spiro atoms. The summed E-state index contributed by atoms with van der Waals surface area (Å²) in [6.45, 7) is 0.227. The predicted molar refractivity (Wildman–Crippen MR) is 110 cm³/mol. The minimum atomic E-state index is 0.227. The van der Waals surface area contributed by atoms with Crippen LogP contribution in [-0.2, 0) is 0 Å². The standard InChI is InChI=1S/C24H26O3/c25-17-5-1-2-8-23(18-6-3-4-7-18)24(19-9-13-21(26)14-10-19)20-11-15-22(27)16-12-20/h3-4,6-7,9-16,18,25-27H,1-2,5,8,17H2. The lowest BCUT2D eigenvalue weighted by atomic mass is 9.84. The van der Waals surface area contributed by atoms with Gasteiger partial charge in [-0.1, -0.05) is 60.6 Å². The first kappa shape index (κ1) is 19.0. The van der Waals surface area contributed by atoms with Gasteiger partial charge in [-0.2, -0.15) is 0 Å². The van der Waals surface area contributed by atoms with E-state index in [4.69, 9.17) is 5.11 Å². The van der Waals surface area contributed by atoms with Crippen molar-refractivity contribution in [3.05, 3.63) is 89.5 Å². The molecule has 27 heavy (non-hydrogen) atoms. The van der Waals surface area contributed by atoms with Crippen LogP contribution in [0, 0.1) is 5.92 Å². The Morgan fingerprint density at radius 3 is 1.70 bits per heavy atom. The SMILES string of the molecule is OCCCCCC(=C(c1ccc(O)cc1)c1ccc(O)cc1)C1C=CC=C1. The van der Waals surface area contributed by atoms with E-state index in [0.717, 1.165) is 42.4 Å². The number of benzene rings is 2. The molecule has 0 saturated carbocycles. The minimum Gasteiger partial charge on any atom is -0.508 e. The molecule has 2 aromatic rings. The molecule has 0 heterocycles. The minimum absolute atomic E-state index is 0.227. The molecule has 3 nitrogen and oxygen atoms in total. The van der Waals surface area contributed by atoms with Gasteiger partial charge in [0, 0.05) is 12.5 Å². The molecule has 3 heteroatoms. The lowest BCUT2D eigenvalue weighted by molar-refractivity contribution is 0.283. The van der Waals surface area contributed by atoms with Crippen LogP contribution in [-0.4, -0.2) is 21.9 Å². The highest BCUT2D eigenvalue weighted by atomic mass is 16.3. The molecule has 0 fully saturated rings. The van der Waals surface area contributed by atoms with Crippen molar-refractivity contribution in [1.29, 1.82) is 0 Å². The number of unbranched alkanes of at least 4 members (excludes halogenated alkanes) is 2. The van der Waals surface area contributed by atoms with Gasteiger partial charge in [0.1, 0.15) is 11.5 Å². The van der Waals surface area contributed by atoms with Crippen LogP contribution in [0.5, 0.6) is 11.5 Å².